The Bertz CT molecular complexity index is 1090. The highest BCUT2D eigenvalue weighted by atomic mass is 32.2. The minimum absolute atomic E-state index is 0.0588. The molecule has 6 nitrogen and oxygen atoms in total. The van der Waals surface area contributed by atoms with Gasteiger partial charge in [-0.1, -0.05) is 6.42 Å². The van der Waals surface area contributed by atoms with Gasteiger partial charge >= 0.3 is 0 Å². The Labute approximate surface area is 154 Å². The van der Waals surface area contributed by atoms with E-state index in [1.54, 1.807) is 0 Å². The summed E-state index contributed by atoms with van der Waals surface area (Å²) in [6.45, 7) is 1.03. The summed E-state index contributed by atoms with van der Waals surface area (Å²) in [5.74, 6) is -1.95. The van der Waals surface area contributed by atoms with E-state index in [0.29, 0.717) is 24.2 Å². The van der Waals surface area contributed by atoms with Crippen molar-refractivity contribution < 1.29 is 21.6 Å². The van der Waals surface area contributed by atoms with Gasteiger partial charge < -0.3 is 9.73 Å². The van der Waals surface area contributed by atoms with E-state index < -0.39 is 21.7 Å². The largest absolute Gasteiger partial charge is 0.423 e. The normalized spacial score (nSPS) is 15.9. The number of oxazole rings is 1. The van der Waals surface area contributed by atoms with Crippen molar-refractivity contribution in [2.75, 3.05) is 18.4 Å². The molecule has 0 atom stereocenters. The highest BCUT2D eigenvalue weighted by Crippen LogP contribution is 2.27. The van der Waals surface area contributed by atoms with Crippen LogP contribution in [0.3, 0.4) is 0 Å². The average molecular weight is 393 g/mol. The van der Waals surface area contributed by atoms with Gasteiger partial charge in [0.2, 0.25) is 10.0 Å². The minimum atomic E-state index is -3.57. The Morgan fingerprint density at radius 3 is 2.52 bits per heavy atom. The fourth-order valence-corrected chi connectivity index (χ4v) is 4.61. The van der Waals surface area contributed by atoms with Crippen LogP contribution in [-0.4, -0.2) is 30.8 Å². The number of rotatable bonds is 4. The molecule has 1 aromatic heterocycles. The van der Waals surface area contributed by atoms with Gasteiger partial charge in [-0.3, -0.25) is 0 Å². The third kappa shape index (κ3) is 3.52. The van der Waals surface area contributed by atoms with Crippen molar-refractivity contribution in [3.8, 4) is 0 Å². The number of aromatic nitrogens is 1. The number of hydrogen-bond acceptors (Lipinski definition) is 5. The number of piperidine rings is 1. The molecule has 3 aromatic rings. The number of fused-ring (bicyclic) bond motifs is 1. The van der Waals surface area contributed by atoms with Crippen LogP contribution >= 0.6 is 0 Å². The monoisotopic (exact) mass is 393 g/mol. The number of benzene rings is 2. The zero-order valence-corrected chi connectivity index (χ0v) is 15.1. The fraction of sp³-hybridized carbons (Fsp3) is 0.278. The highest BCUT2D eigenvalue weighted by molar-refractivity contribution is 7.89. The van der Waals surface area contributed by atoms with Crippen molar-refractivity contribution in [3.05, 3.63) is 48.0 Å². The van der Waals surface area contributed by atoms with E-state index in [2.05, 4.69) is 10.3 Å². The van der Waals surface area contributed by atoms with Gasteiger partial charge in [-0.25, -0.2) is 17.2 Å². The molecule has 1 aliphatic heterocycles. The zero-order chi connectivity index (χ0) is 19.0. The molecular weight excluding hydrogens is 376 g/mol. The maximum Gasteiger partial charge on any atom is 0.300 e. The number of anilines is 2. The van der Waals surface area contributed by atoms with Gasteiger partial charge in [0.15, 0.2) is 17.2 Å². The SMILES string of the molecule is O=S(=O)(c1ccc2oc(Nc3ccc(F)c(F)c3)nc2c1)N1CCCCC1. The van der Waals surface area contributed by atoms with Crippen molar-refractivity contribution in [1.29, 1.82) is 0 Å². The van der Waals surface area contributed by atoms with Gasteiger partial charge in [-0.05, 0) is 43.2 Å². The molecule has 0 saturated carbocycles. The predicted molar refractivity (Wildman–Crippen MR) is 96.3 cm³/mol. The molecule has 1 N–H and O–H groups in total. The van der Waals surface area contributed by atoms with Gasteiger partial charge in [0.25, 0.3) is 6.01 Å². The standard InChI is InChI=1S/C18H17F2N3O3S/c19-14-6-4-12(10-15(14)20)21-18-22-16-11-13(5-7-17(16)26-18)27(24,25)23-8-2-1-3-9-23/h4-7,10-11H,1-3,8-9H2,(H,21,22). The lowest BCUT2D eigenvalue weighted by Crippen LogP contribution is -2.35. The number of nitrogens with zero attached hydrogens (tertiary/aromatic N) is 2. The molecule has 0 spiro atoms. The van der Waals surface area contributed by atoms with E-state index in [4.69, 9.17) is 4.42 Å². The smallest absolute Gasteiger partial charge is 0.300 e. The molecular formula is C18H17F2N3O3S. The summed E-state index contributed by atoms with van der Waals surface area (Å²) in [7, 11) is -3.57. The third-order valence-electron chi connectivity index (χ3n) is 4.48. The second-order valence-corrected chi connectivity index (χ2v) is 8.31. The summed E-state index contributed by atoms with van der Waals surface area (Å²) in [4.78, 5) is 4.36. The first kappa shape index (κ1) is 17.9. The first-order chi connectivity index (χ1) is 12.9. The van der Waals surface area contributed by atoms with Crippen LogP contribution in [-0.2, 0) is 10.0 Å². The van der Waals surface area contributed by atoms with Crippen LogP contribution in [0.1, 0.15) is 19.3 Å². The Morgan fingerprint density at radius 2 is 1.78 bits per heavy atom. The van der Waals surface area contributed by atoms with E-state index in [9.17, 15) is 17.2 Å². The Balaban J connectivity index is 1.62. The Hall–Kier alpha value is -2.52. The number of sulfonamides is 1. The van der Waals surface area contributed by atoms with E-state index in [-0.39, 0.29) is 16.6 Å². The third-order valence-corrected chi connectivity index (χ3v) is 6.38. The van der Waals surface area contributed by atoms with Gasteiger partial charge in [0, 0.05) is 24.8 Å². The lowest BCUT2D eigenvalue weighted by molar-refractivity contribution is 0.346. The molecule has 0 aliphatic carbocycles. The summed E-state index contributed by atoms with van der Waals surface area (Å²) < 4.78 is 58.9. The second-order valence-electron chi connectivity index (χ2n) is 6.37. The lowest BCUT2D eigenvalue weighted by Gasteiger charge is -2.25. The molecule has 142 valence electrons. The van der Waals surface area contributed by atoms with E-state index in [1.165, 1.54) is 28.6 Å². The van der Waals surface area contributed by atoms with E-state index in [1.807, 2.05) is 0 Å². The molecule has 9 heteroatoms. The minimum Gasteiger partial charge on any atom is -0.423 e. The highest BCUT2D eigenvalue weighted by Gasteiger charge is 2.26. The topological polar surface area (TPSA) is 75.4 Å². The maximum atomic E-state index is 13.3. The quantitative estimate of drug-likeness (QED) is 0.725. The summed E-state index contributed by atoms with van der Waals surface area (Å²) in [6.07, 6.45) is 2.74. The van der Waals surface area contributed by atoms with E-state index >= 15 is 0 Å². The first-order valence-corrected chi connectivity index (χ1v) is 10.0. The molecule has 2 aromatic carbocycles. The molecule has 4 rings (SSSR count). The molecule has 27 heavy (non-hydrogen) atoms. The molecule has 2 heterocycles. The number of halogens is 2. The van der Waals surface area contributed by atoms with Crippen LogP contribution in [0.2, 0.25) is 0 Å². The summed E-state index contributed by atoms with van der Waals surface area (Å²) in [5, 5.41) is 2.74. The van der Waals surface area contributed by atoms with Gasteiger partial charge in [-0.2, -0.15) is 9.29 Å². The van der Waals surface area contributed by atoms with Gasteiger partial charge in [-0.15, -0.1) is 0 Å². The molecule has 0 unspecified atom stereocenters. The van der Waals surface area contributed by atoms with Crippen LogP contribution in [0.4, 0.5) is 20.5 Å². The fourth-order valence-electron chi connectivity index (χ4n) is 3.07. The van der Waals surface area contributed by atoms with Crippen LogP contribution in [0.25, 0.3) is 11.1 Å². The second kappa shape index (κ2) is 6.90. The van der Waals surface area contributed by atoms with Crippen molar-refractivity contribution in [1.82, 2.24) is 9.29 Å². The molecule has 0 bridgehead atoms. The molecule has 0 radical (unpaired) electrons. The summed E-state index contributed by atoms with van der Waals surface area (Å²) >= 11 is 0. The maximum absolute atomic E-state index is 13.3. The van der Waals surface area contributed by atoms with Crippen LogP contribution < -0.4 is 5.32 Å². The Morgan fingerprint density at radius 1 is 1.00 bits per heavy atom. The van der Waals surface area contributed by atoms with Gasteiger partial charge in [0.1, 0.15) is 5.52 Å². The number of hydrogen-bond donors (Lipinski definition) is 1. The van der Waals surface area contributed by atoms with Crippen LogP contribution in [0.5, 0.6) is 0 Å². The van der Waals surface area contributed by atoms with Crippen molar-refractivity contribution >= 4 is 32.8 Å². The zero-order valence-electron chi connectivity index (χ0n) is 14.3. The molecule has 0 amide bonds. The van der Waals surface area contributed by atoms with Crippen LogP contribution in [0, 0.1) is 11.6 Å². The van der Waals surface area contributed by atoms with Crippen molar-refractivity contribution in [2.24, 2.45) is 0 Å². The molecule has 1 saturated heterocycles. The summed E-state index contributed by atoms with van der Waals surface area (Å²) in [6, 6.07) is 7.86. The number of nitrogens with one attached hydrogen (secondary N) is 1. The van der Waals surface area contributed by atoms with E-state index in [0.717, 1.165) is 31.4 Å². The average Bonchev–Trinajstić information content (AvgIpc) is 3.07. The lowest BCUT2D eigenvalue weighted by atomic mass is 10.2. The molecule has 1 fully saturated rings. The van der Waals surface area contributed by atoms with Crippen LogP contribution in [0.15, 0.2) is 45.7 Å². The van der Waals surface area contributed by atoms with Crippen molar-refractivity contribution in [3.63, 3.8) is 0 Å². The first-order valence-electron chi connectivity index (χ1n) is 8.56. The Kier molecular flexibility index (Phi) is 4.56. The summed E-state index contributed by atoms with van der Waals surface area (Å²) in [5.41, 5.74) is 1.01. The predicted octanol–water partition coefficient (Wildman–Crippen LogP) is 4.02. The van der Waals surface area contributed by atoms with Crippen molar-refractivity contribution in [2.45, 2.75) is 24.2 Å². The van der Waals surface area contributed by atoms with Gasteiger partial charge in [0.05, 0.1) is 4.90 Å². The molecule has 1 aliphatic rings.